The molecule has 9 heteroatoms. The third kappa shape index (κ3) is 5.08. The largest absolute Gasteiger partial charge is 0.322 e. The van der Waals surface area contributed by atoms with E-state index in [0.29, 0.717) is 36.2 Å². The van der Waals surface area contributed by atoms with E-state index in [9.17, 15) is 13.2 Å². The van der Waals surface area contributed by atoms with E-state index >= 15 is 0 Å². The average molecular weight is 508 g/mol. The van der Waals surface area contributed by atoms with E-state index < -0.39 is 10.0 Å². The molecule has 36 heavy (non-hydrogen) atoms. The Labute approximate surface area is 212 Å². The molecule has 2 atom stereocenters. The first kappa shape index (κ1) is 24.6. The number of aromatic nitrogens is 3. The molecule has 2 aromatic carbocycles. The minimum Gasteiger partial charge on any atom is -0.322 e. The molecule has 0 radical (unpaired) electrons. The fourth-order valence-electron chi connectivity index (χ4n) is 5.33. The number of sulfonamides is 1. The van der Waals surface area contributed by atoms with Crippen molar-refractivity contribution in [2.24, 2.45) is 11.8 Å². The van der Waals surface area contributed by atoms with Gasteiger partial charge in [0.2, 0.25) is 10.0 Å². The third-order valence-corrected chi connectivity index (χ3v) is 8.95. The number of piperidine rings is 1. The number of hydrogen-bond acceptors (Lipinski definition) is 5. The van der Waals surface area contributed by atoms with Gasteiger partial charge in [0.15, 0.2) is 5.82 Å². The maximum absolute atomic E-state index is 13.1. The Morgan fingerprint density at radius 1 is 0.917 bits per heavy atom. The summed E-state index contributed by atoms with van der Waals surface area (Å²) in [5.41, 5.74) is 2.03. The normalized spacial score (nSPS) is 20.9. The summed E-state index contributed by atoms with van der Waals surface area (Å²) in [6, 6.07) is 13.8. The summed E-state index contributed by atoms with van der Waals surface area (Å²) in [7, 11) is -3.58. The average Bonchev–Trinajstić information content (AvgIpc) is 3.11. The molecule has 0 saturated carbocycles. The van der Waals surface area contributed by atoms with Crippen LogP contribution >= 0.6 is 0 Å². The molecular weight excluding hydrogens is 474 g/mol. The first-order chi connectivity index (χ1) is 17.3. The summed E-state index contributed by atoms with van der Waals surface area (Å²) in [6.07, 6.45) is 5.47. The monoisotopic (exact) mass is 507 g/mol. The molecule has 0 unspecified atom stereocenters. The third-order valence-electron chi connectivity index (χ3n) is 7.10. The van der Waals surface area contributed by atoms with Crippen LogP contribution in [-0.4, -0.2) is 46.5 Å². The van der Waals surface area contributed by atoms with Gasteiger partial charge in [-0.2, -0.15) is 4.31 Å². The molecule has 2 aliphatic rings. The van der Waals surface area contributed by atoms with E-state index in [4.69, 9.17) is 0 Å². The second-order valence-electron chi connectivity index (χ2n) is 10.2. The number of carbonyl (C=O) groups is 1. The molecule has 3 aromatic rings. The molecule has 5 rings (SSSR count). The summed E-state index contributed by atoms with van der Waals surface area (Å²) >= 11 is 0. The number of fused-ring (bicyclic) bond motifs is 1. The number of nitrogens with one attached hydrogen (secondary N) is 1. The number of anilines is 1. The molecule has 3 heterocycles. The Bertz CT molecular complexity index is 1320. The highest BCUT2D eigenvalue weighted by Gasteiger charge is 2.31. The van der Waals surface area contributed by atoms with Crippen LogP contribution < -0.4 is 5.32 Å². The van der Waals surface area contributed by atoms with Crippen molar-refractivity contribution < 1.29 is 13.2 Å². The Kier molecular flexibility index (Phi) is 6.94. The SMILES string of the molecule is C[C@H]1C[C@H](C)CN(S(=O)(=O)c2ccc(C(=O)Nc3ccc(-c4nnc5n4CCCCC5)cc3)cc2)C1. The molecular formula is C27H33N5O3S. The molecule has 0 aliphatic carbocycles. The van der Waals surface area contributed by atoms with Gasteiger partial charge in [0.1, 0.15) is 5.82 Å². The summed E-state index contributed by atoms with van der Waals surface area (Å²) < 4.78 is 30.0. The number of aryl methyl sites for hydroxylation is 1. The van der Waals surface area contributed by atoms with E-state index in [2.05, 4.69) is 33.9 Å². The van der Waals surface area contributed by atoms with Crippen molar-refractivity contribution in [2.75, 3.05) is 18.4 Å². The van der Waals surface area contributed by atoms with Crippen molar-refractivity contribution in [3.05, 3.63) is 59.9 Å². The number of hydrogen-bond donors (Lipinski definition) is 1. The van der Waals surface area contributed by atoms with Crippen LogP contribution in [0.5, 0.6) is 0 Å². The van der Waals surface area contributed by atoms with Gasteiger partial charge >= 0.3 is 0 Å². The number of nitrogens with zero attached hydrogens (tertiary/aromatic N) is 4. The molecule has 2 aliphatic heterocycles. The Hall–Kier alpha value is -3.04. The highest BCUT2D eigenvalue weighted by Crippen LogP contribution is 2.27. The topological polar surface area (TPSA) is 97.2 Å². The molecule has 1 saturated heterocycles. The predicted molar refractivity (Wildman–Crippen MR) is 139 cm³/mol. The van der Waals surface area contributed by atoms with Crippen molar-refractivity contribution in [3.8, 4) is 11.4 Å². The number of carbonyl (C=O) groups excluding carboxylic acids is 1. The van der Waals surface area contributed by atoms with E-state index in [1.807, 2.05) is 24.3 Å². The zero-order valence-electron chi connectivity index (χ0n) is 20.9. The van der Waals surface area contributed by atoms with Gasteiger partial charge in [-0.15, -0.1) is 10.2 Å². The lowest BCUT2D eigenvalue weighted by Crippen LogP contribution is -2.42. The van der Waals surface area contributed by atoms with E-state index in [1.54, 1.807) is 16.4 Å². The van der Waals surface area contributed by atoms with Crippen LogP contribution in [0.4, 0.5) is 5.69 Å². The fourth-order valence-corrected chi connectivity index (χ4v) is 7.01. The van der Waals surface area contributed by atoms with Gasteiger partial charge in [-0.3, -0.25) is 4.79 Å². The molecule has 0 bridgehead atoms. The molecule has 0 spiro atoms. The van der Waals surface area contributed by atoms with Crippen LogP contribution in [0.25, 0.3) is 11.4 Å². The number of amides is 1. The summed E-state index contributed by atoms with van der Waals surface area (Å²) in [6.45, 7) is 6.15. The molecule has 190 valence electrons. The Morgan fingerprint density at radius 2 is 1.61 bits per heavy atom. The van der Waals surface area contributed by atoms with Crippen LogP contribution in [0.15, 0.2) is 53.4 Å². The van der Waals surface area contributed by atoms with E-state index in [1.165, 1.54) is 18.6 Å². The van der Waals surface area contributed by atoms with Crippen LogP contribution in [0, 0.1) is 11.8 Å². The zero-order chi connectivity index (χ0) is 25.3. The first-order valence-corrected chi connectivity index (χ1v) is 14.2. The van der Waals surface area contributed by atoms with Crippen molar-refractivity contribution in [3.63, 3.8) is 0 Å². The van der Waals surface area contributed by atoms with Gasteiger partial charge in [-0.25, -0.2) is 8.42 Å². The van der Waals surface area contributed by atoms with Gasteiger partial charge in [-0.1, -0.05) is 20.3 Å². The Balaban J connectivity index is 1.26. The smallest absolute Gasteiger partial charge is 0.255 e. The number of benzene rings is 2. The molecule has 8 nitrogen and oxygen atoms in total. The maximum atomic E-state index is 13.1. The minimum absolute atomic E-state index is 0.220. The predicted octanol–water partition coefficient (Wildman–Crippen LogP) is 4.59. The number of rotatable bonds is 5. The standard InChI is InChI=1S/C27H33N5O3S/c1-19-16-20(2)18-31(17-19)36(34,35)24-13-9-22(10-14-24)27(33)28-23-11-7-21(8-12-23)26-30-29-25-6-4-3-5-15-32(25)26/h7-14,19-20H,3-6,15-18H2,1-2H3,(H,28,33)/t19-,20-/m0/s1. The van der Waals surface area contributed by atoms with E-state index in [-0.39, 0.29) is 10.8 Å². The van der Waals surface area contributed by atoms with Crippen LogP contribution in [0.3, 0.4) is 0 Å². The van der Waals surface area contributed by atoms with E-state index in [0.717, 1.165) is 49.4 Å². The highest BCUT2D eigenvalue weighted by molar-refractivity contribution is 7.89. The lowest BCUT2D eigenvalue weighted by atomic mass is 9.94. The van der Waals surface area contributed by atoms with Gasteiger partial charge in [0.25, 0.3) is 5.91 Å². The summed E-state index contributed by atoms with van der Waals surface area (Å²) in [5, 5.41) is 11.6. The van der Waals surface area contributed by atoms with Crippen LogP contribution in [0.1, 0.15) is 55.7 Å². The van der Waals surface area contributed by atoms with Crippen LogP contribution in [-0.2, 0) is 23.0 Å². The highest BCUT2D eigenvalue weighted by atomic mass is 32.2. The fraction of sp³-hybridized carbons (Fsp3) is 0.444. The lowest BCUT2D eigenvalue weighted by Gasteiger charge is -2.34. The van der Waals surface area contributed by atoms with Crippen LogP contribution in [0.2, 0.25) is 0 Å². The lowest BCUT2D eigenvalue weighted by molar-refractivity contribution is 0.102. The van der Waals surface area contributed by atoms with Crippen molar-refractivity contribution in [1.82, 2.24) is 19.1 Å². The summed E-state index contributed by atoms with van der Waals surface area (Å²) in [4.78, 5) is 13.0. The minimum atomic E-state index is -3.58. The van der Waals surface area contributed by atoms with Gasteiger partial charge in [0.05, 0.1) is 4.90 Å². The van der Waals surface area contributed by atoms with Gasteiger partial charge < -0.3 is 9.88 Å². The Morgan fingerprint density at radius 3 is 2.31 bits per heavy atom. The first-order valence-electron chi connectivity index (χ1n) is 12.8. The van der Waals surface area contributed by atoms with Gasteiger partial charge in [-0.05, 0) is 79.6 Å². The van der Waals surface area contributed by atoms with Crippen molar-refractivity contribution >= 4 is 21.6 Å². The maximum Gasteiger partial charge on any atom is 0.255 e. The molecule has 1 fully saturated rings. The zero-order valence-corrected chi connectivity index (χ0v) is 21.7. The molecule has 1 N–H and O–H groups in total. The summed E-state index contributed by atoms with van der Waals surface area (Å²) in [5.74, 6) is 2.27. The van der Waals surface area contributed by atoms with Gasteiger partial charge in [0, 0.05) is 42.9 Å². The molecule has 1 aromatic heterocycles. The van der Waals surface area contributed by atoms with Crippen molar-refractivity contribution in [1.29, 1.82) is 0 Å². The van der Waals surface area contributed by atoms with Crippen molar-refractivity contribution in [2.45, 2.75) is 57.4 Å². The quantitative estimate of drug-likeness (QED) is 0.545. The second kappa shape index (κ2) is 10.1. The molecule has 1 amide bonds. The second-order valence-corrected chi connectivity index (χ2v) is 12.2.